The highest BCUT2D eigenvalue weighted by molar-refractivity contribution is 7.99. The van der Waals surface area contributed by atoms with Crippen molar-refractivity contribution in [3.8, 4) is 17.1 Å². The minimum Gasteiger partial charge on any atom is -0.360 e. The molecule has 4 aromatic rings. The van der Waals surface area contributed by atoms with Gasteiger partial charge in [0.25, 0.3) is 0 Å². The monoisotopic (exact) mass is 493 g/mol. The first-order valence-corrected chi connectivity index (χ1v) is 13.1. The number of benzene rings is 2. The fourth-order valence-corrected chi connectivity index (χ4v) is 5.67. The lowest BCUT2D eigenvalue weighted by molar-refractivity contribution is -0.120. The number of carbonyl (C=O) groups is 1. The molecule has 2 heterocycles. The fourth-order valence-electron chi connectivity index (χ4n) is 4.78. The van der Waals surface area contributed by atoms with Gasteiger partial charge in [0, 0.05) is 39.4 Å². The number of nitrogens with one attached hydrogen (secondary N) is 2. The van der Waals surface area contributed by atoms with E-state index in [9.17, 15) is 4.79 Å². The van der Waals surface area contributed by atoms with E-state index in [0.717, 1.165) is 34.4 Å². The molecule has 2 aromatic carbocycles. The molecular formula is C26H28ClN5OS. The van der Waals surface area contributed by atoms with Crippen molar-refractivity contribution < 1.29 is 4.79 Å². The van der Waals surface area contributed by atoms with Crippen LogP contribution in [-0.2, 0) is 4.79 Å². The smallest absolute Gasteiger partial charge is 0.230 e. The van der Waals surface area contributed by atoms with Crippen molar-refractivity contribution in [2.75, 3.05) is 5.75 Å². The summed E-state index contributed by atoms with van der Waals surface area (Å²) >= 11 is 7.55. The number of rotatable bonds is 6. The molecule has 6 nitrogen and oxygen atoms in total. The summed E-state index contributed by atoms with van der Waals surface area (Å²) in [4.78, 5) is 16.1. The Bertz CT molecular complexity index is 1300. The summed E-state index contributed by atoms with van der Waals surface area (Å²) < 4.78 is 2.00. The quantitative estimate of drug-likeness (QED) is 0.318. The highest BCUT2D eigenvalue weighted by Gasteiger charge is 2.28. The third kappa shape index (κ3) is 4.59. The molecule has 2 N–H and O–H groups in total. The third-order valence-electron chi connectivity index (χ3n) is 6.93. The van der Waals surface area contributed by atoms with Gasteiger partial charge in [0.2, 0.25) is 5.91 Å². The maximum absolute atomic E-state index is 12.8. The van der Waals surface area contributed by atoms with Gasteiger partial charge in [-0.15, -0.1) is 10.2 Å². The molecule has 0 spiro atoms. The van der Waals surface area contributed by atoms with E-state index >= 15 is 0 Å². The zero-order valence-corrected chi connectivity index (χ0v) is 20.9. The van der Waals surface area contributed by atoms with Gasteiger partial charge >= 0.3 is 0 Å². The molecule has 1 saturated carbocycles. The van der Waals surface area contributed by atoms with Crippen molar-refractivity contribution in [2.24, 2.45) is 11.8 Å². The van der Waals surface area contributed by atoms with Crippen LogP contribution in [0.4, 0.5) is 0 Å². The van der Waals surface area contributed by atoms with Crippen LogP contribution in [0.3, 0.4) is 0 Å². The Balaban J connectivity index is 1.42. The van der Waals surface area contributed by atoms with Crippen molar-refractivity contribution in [2.45, 2.75) is 44.3 Å². The molecule has 0 aliphatic heterocycles. The highest BCUT2D eigenvalue weighted by Crippen LogP contribution is 2.33. The summed E-state index contributed by atoms with van der Waals surface area (Å²) in [5.41, 5.74) is 2.89. The molecule has 176 valence electrons. The molecule has 1 aliphatic rings. The predicted molar refractivity (Wildman–Crippen MR) is 138 cm³/mol. The lowest BCUT2D eigenvalue weighted by atomic mass is 9.78. The molecule has 1 amide bonds. The fraction of sp³-hybridized carbons (Fsp3) is 0.346. The van der Waals surface area contributed by atoms with E-state index in [1.165, 1.54) is 24.6 Å². The van der Waals surface area contributed by atoms with Crippen LogP contribution in [0.5, 0.6) is 0 Å². The van der Waals surface area contributed by atoms with Gasteiger partial charge in [0.1, 0.15) is 0 Å². The van der Waals surface area contributed by atoms with E-state index in [2.05, 4.69) is 40.4 Å². The molecular weight excluding hydrogens is 466 g/mol. The summed E-state index contributed by atoms with van der Waals surface area (Å²) in [6.45, 7) is 4.52. The Morgan fingerprint density at radius 1 is 1.15 bits per heavy atom. The molecule has 2 aromatic heterocycles. The van der Waals surface area contributed by atoms with Crippen LogP contribution in [0.25, 0.3) is 28.0 Å². The second-order valence-corrected chi connectivity index (χ2v) is 10.5. The number of amides is 1. The Kier molecular flexibility index (Phi) is 6.66. The minimum atomic E-state index is 0.0373. The normalized spacial score (nSPS) is 20.5. The van der Waals surface area contributed by atoms with Crippen molar-refractivity contribution in [3.63, 3.8) is 0 Å². The SMILES string of the molecule is C[C@H]1[C@H](C)CCC[C@H]1NC(=O)CSc1nnc(-c2c[nH]c3ccccc23)n1-c1ccc(Cl)cc1. The molecule has 0 unspecified atom stereocenters. The number of thioether (sulfide) groups is 1. The van der Waals surface area contributed by atoms with Gasteiger partial charge in [0.15, 0.2) is 11.0 Å². The van der Waals surface area contributed by atoms with Gasteiger partial charge in [-0.2, -0.15) is 0 Å². The first kappa shape index (κ1) is 23.0. The van der Waals surface area contributed by atoms with Crippen LogP contribution in [0, 0.1) is 11.8 Å². The number of nitrogens with zero attached hydrogens (tertiary/aromatic N) is 3. The van der Waals surface area contributed by atoms with E-state index in [-0.39, 0.29) is 17.7 Å². The second kappa shape index (κ2) is 9.84. The zero-order chi connectivity index (χ0) is 23.7. The number of hydrogen-bond donors (Lipinski definition) is 2. The maximum Gasteiger partial charge on any atom is 0.230 e. The number of aromatic nitrogens is 4. The summed E-state index contributed by atoms with van der Waals surface area (Å²) in [5, 5.41) is 14.7. The number of carbonyl (C=O) groups excluding carboxylic acids is 1. The Hall–Kier alpha value is -2.77. The Morgan fingerprint density at radius 2 is 1.94 bits per heavy atom. The molecule has 1 fully saturated rings. The average molecular weight is 494 g/mol. The standard InChI is InChI=1S/C26H28ClN5OS/c1-16-6-5-9-22(17(16)2)29-24(33)15-34-26-31-30-25(32(26)19-12-10-18(27)11-13-19)21-14-28-23-8-4-3-7-20(21)23/h3-4,7-8,10-14,16-17,22,28H,5-6,9,15H2,1-2H3,(H,29,33)/t16-,17+,22-/m1/s1. The number of hydrogen-bond acceptors (Lipinski definition) is 4. The van der Waals surface area contributed by atoms with E-state index in [0.29, 0.717) is 22.0 Å². The lowest BCUT2D eigenvalue weighted by Gasteiger charge is -2.34. The number of aromatic amines is 1. The van der Waals surface area contributed by atoms with Crippen molar-refractivity contribution in [1.82, 2.24) is 25.1 Å². The van der Waals surface area contributed by atoms with Crippen LogP contribution >= 0.6 is 23.4 Å². The first-order chi connectivity index (χ1) is 16.5. The van der Waals surface area contributed by atoms with Crippen molar-refractivity contribution in [3.05, 3.63) is 59.8 Å². The topological polar surface area (TPSA) is 75.6 Å². The molecule has 0 saturated heterocycles. The number of H-pyrrole nitrogens is 1. The first-order valence-electron chi connectivity index (χ1n) is 11.7. The summed E-state index contributed by atoms with van der Waals surface area (Å²) in [6.07, 6.45) is 5.41. The van der Waals surface area contributed by atoms with Crippen LogP contribution < -0.4 is 5.32 Å². The summed E-state index contributed by atoms with van der Waals surface area (Å²) in [6, 6.07) is 15.9. The molecule has 1 aliphatic carbocycles. The van der Waals surface area contributed by atoms with Gasteiger partial charge in [-0.3, -0.25) is 9.36 Å². The van der Waals surface area contributed by atoms with E-state index in [1.807, 2.05) is 53.2 Å². The second-order valence-electron chi connectivity index (χ2n) is 9.10. The van der Waals surface area contributed by atoms with Crippen LogP contribution in [0.1, 0.15) is 33.1 Å². The van der Waals surface area contributed by atoms with Gasteiger partial charge in [-0.25, -0.2) is 0 Å². The maximum atomic E-state index is 12.8. The van der Waals surface area contributed by atoms with Crippen LogP contribution in [-0.4, -0.2) is 37.5 Å². The van der Waals surface area contributed by atoms with Crippen LogP contribution in [0.2, 0.25) is 5.02 Å². The molecule has 3 atom stereocenters. The largest absolute Gasteiger partial charge is 0.360 e. The van der Waals surface area contributed by atoms with Crippen molar-refractivity contribution in [1.29, 1.82) is 0 Å². The van der Waals surface area contributed by atoms with E-state index in [4.69, 9.17) is 11.6 Å². The number of fused-ring (bicyclic) bond motifs is 1. The number of para-hydroxylation sites is 1. The van der Waals surface area contributed by atoms with Gasteiger partial charge in [-0.05, 0) is 48.6 Å². The van der Waals surface area contributed by atoms with Gasteiger partial charge < -0.3 is 10.3 Å². The van der Waals surface area contributed by atoms with Gasteiger partial charge in [-0.1, -0.05) is 68.3 Å². The molecule has 8 heteroatoms. The highest BCUT2D eigenvalue weighted by atomic mass is 35.5. The number of halogens is 1. The van der Waals surface area contributed by atoms with Crippen molar-refractivity contribution >= 4 is 40.2 Å². The predicted octanol–water partition coefficient (Wildman–Crippen LogP) is 6.10. The molecule has 34 heavy (non-hydrogen) atoms. The van der Waals surface area contributed by atoms with Crippen LogP contribution in [0.15, 0.2) is 59.9 Å². The Morgan fingerprint density at radius 3 is 2.76 bits per heavy atom. The molecule has 5 rings (SSSR count). The zero-order valence-electron chi connectivity index (χ0n) is 19.3. The lowest BCUT2D eigenvalue weighted by Crippen LogP contribution is -2.44. The minimum absolute atomic E-state index is 0.0373. The summed E-state index contributed by atoms with van der Waals surface area (Å²) in [5.74, 6) is 2.18. The molecule has 0 bridgehead atoms. The third-order valence-corrected chi connectivity index (χ3v) is 8.11. The average Bonchev–Trinajstić information content (AvgIpc) is 3.45. The summed E-state index contributed by atoms with van der Waals surface area (Å²) in [7, 11) is 0. The Labute approximate surface area is 208 Å². The van der Waals surface area contributed by atoms with E-state index < -0.39 is 0 Å². The molecule has 0 radical (unpaired) electrons. The van der Waals surface area contributed by atoms with E-state index in [1.54, 1.807) is 0 Å². The van der Waals surface area contributed by atoms with Gasteiger partial charge in [0.05, 0.1) is 5.75 Å².